The molecule has 1 aliphatic heterocycles. The van der Waals surface area contributed by atoms with E-state index in [1.165, 1.54) is 52.7 Å². The molecule has 0 saturated carbocycles. The number of carbonyl (C=O) groups excluding carboxylic acids is 1. The van der Waals surface area contributed by atoms with E-state index in [0.29, 0.717) is 18.3 Å². The second kappa shape index (κ2) is 10.3. The van der Waals surface area contributed by atoms with Crippen LogP contribution in [-0.2, 0) is 4.79 Å². The summed E-state index contributed by atoms with van der Waals surface area (Å²) in [5.41, 5.74) is 1.34. The van der Waals surface area contributed by atoms with E-state index in [4.69, 9.17) is 4.74 Å². The largest absolute Gasteiger partial charge is 0.493 e. The Hall–Kier alpha value is -1.24. The Balaban J connectivity index is 1.57. The van der Waals surface area contributed by atoms with Gasteiger partial charge in [-0.25, -0.2) is 0 Å². The van der Waals surface area contributed by atoms with E-state index in [0.717, 1.165) is 35.1 Å². The van der Waals surface area contributed by atoms with Gasteiger partial charge in [-0.05, 0) is 61.1 Å². The number of unbranched alkanes of at least 4 members (excludes halogenated alkanes) is 2. The number of carbonyl (C=O) groups is 1. The fourth-order valence-electron chi connectivity index (χ4n) is 3.12. The fraction of sp³-hybridized carbons (Fsp3) is 0.429. The highest BCUT2D eigenvalue weighted by molar-refractivity contribution is 8.14. The van der Waals surface area contributed by atoms with Crippen LogP contribution in [-0.4, -0.2) is 29.0 Å². The smallest absolute Gasteiger partial charge is 0.236 e. The van der Waals surface area contributed by atoms with Crippen LogP contribution in [0.2, 0.25) is 0 Å². The molecule has 3 nitrogen and oxygen atoms in total. The van der Waals surface area contributed by atoms with Crippen LogP contribution >= 0.6 is 34.9 Å². The average Bonchev–Trinajstić information content (AvgIpc) is 3.21. The molecular weight excluding hydrogens is 396 g/mol. The van der Waals surface area contributed by atoms with Crippen LogP contribution < -0.4 is 9.48 Å². The minimum Gasteiger partial charge on any atom is -0.493 e. The summed E-state index contributed by atoms with van der Waals surface area (Å²) >= 11 is 4.61. The van der Waals surface area contributed by atoms with Crippen molar-refractivity contribution in [2.75, 3.05) is 23.9 Å². The first-order valence-corrected chi connectivity index (χ1v) is 12.2. The standard InChI is InChI=1S/C21H24O3S3/c1-2-20(22)26-10-5-3-4-9-24-18-13-21(23)27-19-12-15(6-7-17(18)19)16-8-11-25-14-16/h2,6-7,12-13,16H,1,3-5,8-11,14H2. The first-order valence-electron chi connectivity index (χ1n) is 9.25. The zero-order chi connectivity index (χ0) is 19.1. The van der Waals surface area contributed by atoms with Gasteiger partial charge in [0.2, 0.25) is 9.86 Å². The first kappa shape index (κ1) is 20.5. The quantitative estimate of drug-likeness (QED) is 0.397. The maximum absolute atomic E-state index is 12.1. The topological polar surface area (TPSA) is 43.4 Å². The highest BCUT2D eigenvalue weighted by atomic mass is 32.2. The predicted octanol–water partition coefficient (Wildman–Crippen LogP) is 5.48. The van der Waals surface area contributed by atoms with E-state index in [9.17, 15) is 9.59 Å². The lowest BCUT2D eigenvalue weighted by Gasteiger charge is -2.12. The molecule has 0 N–H and O–H groups in total. The van der Waals surface area contributed by atoms with E-state index in [1.807, 2.05) is 11.8 Å². The summed E-state index contributed by atoms with van der Waals surface area (Å²) in [4.78, 5) is 23.2. The maximum atomic E-state index is 12.1. The van der Waals surface area contributed by atoms with Gasteiger partial charge in [0.25, 0.3) is 0 Å². The van der Waals surface area contributed by atoms with Crippen molar-refractivity contribution in [1.29, 1.82) is 0 Å². The molecule has 1 aromatic carbocycles. The van der Waals surface area contributed by atoms with Crippen LogP contribution in [0.25, 0.3) is 10.1 Å². The zero-order valence-electron chi connectivity index (χ0n) is 15.3. The van der Waals surface area contributed by atoms with Crippen LogP contribution in [0.1, 0.15) is 37.2 Å². The third kappa shape index (κ3) is 5.87. The van der Waals surface area contributed by atoms with Gasteiger partial charge in [0.15, 0.2) is 0 Å². The number of fused-ring (bicyclic) bond motifs is 1. The first-order chi connectivity index (χ1) is 13.2. The Morgan fingerprint density at radius 3 is 2.96 bits per heavy atom. The molecule has 1 unspecified atom stereocenters. The number of benzene rings is 1. The number of hydrogen-bond donors (Lipinski definition) is 0. The average molecular weight is 421 g/mol. The molecule has 0 aliphatic carbocycles. The van der Waals surface area contributed by atoms with Crippen LogP contribution in [0.4, 0.5) is 0 Å². The van der Waals surface area contributed by atoms with E-state index in [2.05, 4.69) is 24.8 Å². The number of thioether (sulfide) groups is 2. The van der Waals surface area contributed by atoms with Gasteiger partial charge in [-0.15, -0.1) is 0 Å². The molecule has 1 aliphatic rings. The van der Waals surface area contributed by atoms with Gasteiger partial charge < -0.3 is 4.74 Å². The van der Waals surface area contributed by atoms with Crippen molar-refractivity contribution < 1.29 is 9.53 Å². The lowest BCUT2D eigenvalue weighted by atomic mass is 9.98. The van der Waals surface area contributed by atoms with Gasteiger partial charge in [-0.3, -0.25) is 9.59 Å². The molecule has 1 saturated heterocycles. The van der Waals surface area contributed by atoms with Crippen molar-refractivity contribution in [3.63, 3.8) is 0 Å². The summed E-state index contributed by atoms with van der Waals surface area (Å²) < 4.78 is 6.98. The van der Waals surface area contributed by atoms with Crippen LogP contribution in [0.15, 0.2) is 41.7 Å². The van der Waals surface area contributed by atoms with Gasteiger partial charge in [0.1, 0.15) is 5.75 Å². The molecule has 0 amide bonds. The summed E-state index contributed by atoms with van der Waals surface area (Å²) in [6.07, 6.45) is 5.46. The molecule has 0 spiro atoms. The SMILES string of the molecule is C=CC(=O)SCCCCCOc1cc(=O)sc2cc(C3CCSC3)ccc12. The van der Waals surface area contributed by atoms with Crippen molar-refractivity contribution in [3.8, 4) is 5.75 Å². The molecule has 1 atom stereocenters. The van der Waals surface area contributed by atoms with Crippen molar-refractivity contribution in [3.05, 3.63) is 52.0 Å². The molecule has 0 radical (unpaired) electrons. The third-order valence-corrected chi connectivity index (χ3v) is 7.57. The molecule has 3 rings (SSSR count). The van der Waals surface area contributed by atoms with Crippen molar-refractivity contribution in [1.82, 2.24) is 0 Å². The van der Waals surface area contributed by atoms with E-state index in [1.54, 1.807) is 6.07 Å². The minimum absolute atomic E-state index is 0.0294. The van der Waals surface area contributed by atoms with Gasteiger partial charge in [0, 0.05) is 27.7 Å². The number of hydrogen-bond acceptors (Lipinski definition) is 6. The third-order valence-electron chi connectivity index (χ3n) is 4.59. The molecule has 6 heteroatoms. The summed E-state index contributed by atoms with van der Waals surface area (Å²) in [7, 11) is 0. The Bertz CT molecular complexity index is 853. The van der Waals surface area contributed by atoms with Crippen LogP contribution in [0.5, 0.6) is 5.75 Å². The Morgan fingerprint density at radius 2 is 2.19 bits per heavy atom. The summed E-state index contributed by atoms with van der Waals surface area (Å²) in [5, 5.41) is 1.06. The van der Waals surface area contributed by atoms with Crippen molar-refractivity contribution >= 4 is 50.1 Å². The molecule has 2 heterocycles. The van der Waals surface area contributed by atoms with Crippen LogP contribution in [0.3, 0.4) is 0 Å². The molecule has 2 aromatic rings. The summed E-state index contributed by atoms with van der Waals surface area (Å²) in [6.45, 7) is 4.05. The molecule has 1 fully saturated rings. The number of rotatable bonds is 9. The Morgan fingerprint density at radius 1 is 1.30 bits per heavy atom. The van der Waals surface area contributed by atoms with E-state index >= 15 is 0 Å². The van der Waals surface area contributed by atoms with Gasteiger partial charge in [-0.2, -0.15) is 11.8 Å². The Labute approximate surface area is 172 Å². The van der Waals surface area contributed by atoms with Gasteiger partial charge in [0.05, 0.1) is 6.61 Å². The van der Waals surface area contributed by atoms with Crippen molar-refractivity contribution in [2.24, 2.45) is 0 Å². The molecule has 27 heavy (non-hydrogen) atoms. The normalized spacial score (nSPS) is 16.5. The second-order valence-electron chi connectivity index (χ2n) is 6.53. The summed E-state index contributed by atoms with van der Waals surface area (Å²) in [5.74, 6) is 4.51. The monoisotopic (exact) mass is 420 g/mol. The molecule has 144 valence electrons. The molecule has 1 aromatic heterocycles. The lowest BCUT2D eigenvalue weighted by molar-refractivity contribution is -0.107. The highest BCUT2D eigenvalue weighted by Crippen LogP contribution is 2.35. The Kier molecular flexibility index (Phi) is 7.85. The van der Waals surface area contributed by atoms with Gasteiger partial charge >= 0.3 is 0 Å². The van der Waals surface area contributed by atoms with Crippen LogP contribution in [0, 0.1) is 0 Å². The fourth-order valence-corrected chi connectivity index (χ4v) is 5.90. The summed E-state index contributed by atoms with van der Waals surface area (Å²) in [6, 6.07) is 8.09. The molecular formula is C21H24O3S3. The van der Waals surface area contributed by atoms with Gasteiger partial charge in [-0.1, -0.05) is 35.7 Å². The lowest BCUT2D eigenvalue weighted by Crippen LogP contribution is -2.02. The molecule has 0 bridgehead atoms. The minimum atomic E-state index is 0.0294. The van der Waals surface area contributed by atoms with E-state index < -0.39 is 0 Å². The van der Waals surface area contributed by atoms with Crippen molar-refractivity contribution in [2.45, 2.75) is 31.6 Å². The maximum Gasteiger partial charge on any atom is 0.236 e. The van der Waals surface area contributed by atoms with E-state index in [-0.39, 0.29) is 9.86 Å². The zero-order valence-corrected chi connectivity index (χ0v) is 17.7. The number of ether oxygens (including phenoxy) is 1. The highest BCUT2D eigenvalue weighted by Gasteiger charge is 2.18. The predicted molar refractivity (Wildman–Crippen MR) is 120 cm³/mol. The second-order valence-corrected chi connectivity index (χ2v) is 9.82.